The smallest absolute Gasteiger partial charge is 0.303 e. The predicted molar refractivity (Wildman–Crippen MR) is 134 cm³/mol. The van der Waals surface area contributed by atoms with Gasteiger partial charge in [0.15, 0.2) is 11.6 Å². The lowest BCUT2D eigenvalue weighted by Gasteiger charge is -2.36. The second-order valence-electron chi connectivity index (χ2n) is 9.65. The van der Waals surface area contributed by atoms with Gasteiger partial charge >= 0.3 is 5.97 Å². The fourth-order valence-corrected chi connectivity index (χ4v) is 4.72. The highest BCUT2D eigenvalue weighted by molar-refractivity contribution is 5.69. The number of rotatable bonds is 7. The quantitative estimate of drug-likeness (QED) is 0.325. The molecule has 0 aliphatic heterocycles. The first-order valence-corrected chi connectivity index (χ1v) is 12.0. The van der Waals surface area contributed by atoms with E-state index in [0.717, 1.165) is 36.8 Å². The Hall–Kier alpha value is -4.07. The predicted octanol–water partition coefficient (Wildman–Crippen LogP) is 6.14. The molecule has 2 aromatic heterocycles. The van der Waals surface area contributed by atoms with Gasteiger partial charge in [0.05, 0.1) is 12.0 Å². The first-order chi connectivity index (χ1) is 17.4. The minimum atomic E-state index is -0.753. The van der Waals surface area contributed by atoms with Crippen LogP contribution in [0.15, 0.2) is 66.9 Å². The Kier molecular flexibility index (Phi) is 6.50. The molecule has 0 spiro atoms. The maximum absolute atomic E-state index is 15.0. The number of pyridine rings is 1. The summed E-state index contributed by atoms with van der Waals surface area (Å²) in [5.41, 5.74) is 2.49. The second kappa shape index (κ2) is 9.89. The highest BCUT2D eigenvalue weighted by Crippen LogP contribution is 2.40. The molecule has 1 aliphatic carbocycles. The van der Waals surface area contributed by atoms with Gasteiger partial charge in [0, 0.05) is 23.4 Å². The van der Waals surface area contributed by atoms with Crippen molar-refractivity contribution in [3.8, 4) is 39.8 Å². The standard InChI is InChI=1S/C28H27FN4O3/c1-28(16-25(34)35)13-11-21(12-14-28)36-24-10-8-20(17-30-24)19-7-9-22(23(29)15-19)27-31-26(32-33-27)18-5-3-2-4-6-18/h2-10,15,17,21H,11-14,16H2,1H3,(H,34,35)(H,31,32,33). The first kappa shape index (κ1) is 23.7. The summed E-state index contributed by atoms with van der Waals surface area (Å²) in [6, 6.07) is 18.1. The summed E-state index contributed by atoms with van der Waals surface area (Å²) in [7, 11) is 0. The molecule has 1 fully saturated rings. The number of carboxylic acid groups (broad SMARTS) is 1. The molecule has 0 bridgehead atoms. The van der Waals surface area contributed by atoms with Crippen LogP contribution in [0, 0.1) is 11.2 Å². The number of H-pyrrole nitrogens is 1. The van der Waals surface area contributed by atoms with Crippen LogP contribution in [0.2, 0.25) is 0 Å². The molecule has 1 saturated carbocycles. The number of aromatic amines is 1. The largest absolute Gasteiger partial charge is 0.481 e. The zero-order valence-corrected chi connectivity index (χ0v) is 19.9. The average molecular weight is 487 g/mol. The molecule has 2 N–H and O–H groups in total. The van der Waals surface area contributed by atoms with Gasteiger partial charge in [0.1, 0.15) is 11.9 Å². The van der Waals surface area contributed by atoms with Gasteiger partial charge in [0.2, 0.25) is 5.88 Å². The van der Waals surface area contributed by atoms with Gasteiger partial charge in [-0.15, -0.1) is 0 Å². The molecule has 1 aliphatic rings. The molecular weight excluding hydrogens is 459 g/mol. The Balaban J connectivity index is 1.24. The van der Waals surface area contributed by atoms with Gasteiger partial charge in [-0.3, -0.25) is 9.89 Å². The maximum Gasteiger partial charge on any atom is 0.303 e. The van der Waals surface area contributed by atoms with Gasteiger partial charge in [0.25, 0.3) is 0 Å². The van der Waals surface area contributed by atoms with Crippen molar-refractivity contribution < 1.29 is 19.0 Å². The van der Waals surface area contributed by atoms with Gasteiger partial charge in [-0.2, -0.15) is 5.10 Å². The Labute approximate surface area is 208 Å². The number of hydrogen-bond acceptors (Lipinski definition) is 5. The molecule has 2 aromatic carbocycles. The van der Waals surface area contributed by atoms with Crippen LogP contribution < -0.4 is 4.74 Å². The van der Waals surface area contributed by atoms with Gasteiger partial charge in [-0.05, 0) is 54.9 Å². The molecule has 2 heterocycles. The van der Waals surface area contributed by atoms with Crippen molar-refractivity contribution in [3.63, 3.8) is 0 Å². The van der Waals surface area contributed by atoms with Crippen LogP contribution in [0.5, 0.6) is 5.88 Å². The molecule has 0 saturated heterocycles. The third kappa shape index (κ3) is 5.27. The summed E-state index contributed by atoms with van der Waals surface area (Å²) in [5.74, 6) is 0.231. The Morgan fingerprint density at radius 1 is 1.08 bits per heavy atom. The van der Waals surface area contributed by atoms with E-state index >= 15 is 0 Å². The number of nitrogens with zero attached hydrogens (tertiary/aromatic N) is 3. The fraction of sp³-hybridized carbons (Fsp3) is 0.286. The summed E-state index contributed by atoms with van der Waals surface area (Å²) >= 11 is 0. The molecule has 0 radical (unpaired) electrons. The second-order valence-corrected chi connectivity index (χ2v) is 9.65. The lowest BCUT2D eigenvalue weighted by Crippen LogP contribution is -2.32. The Morgan fingerprint density at radius 2 is 1.83 bits per heavy atom. The van der Waals surface area contributed by atoms with Crippen molar-refractivity contribution in [3.05, 3.63) is 72.7 Å². The minimum absolute atomic E-state index is 0.0182. The Morgan fingerprint density at radius 3 is 2.50 bits per heavy atom. The van der Waals surface area contributed by atoms with Crippen LogP contribution in [0.4, 0.5) is 4.39 Å². The molecule has 0 unspecified atom stereocenters. The monoisotopic (exact) mass is 486 g/mol. The summed E-state index contributed by atoms with van der Waals surface area (Å²) in [4.78, 5) is 19.9. The van der Waals surface area contributed by atoms with E-state index in [2.05, 4.69) is 20.2 Å². The van der Waals surface area contributed by atoms with E-state index in [9.17, 15) is 9.18 Å². The number of nitrogens with one attached hydrogen (secondary N) is 1. The van der Waals surface area contributed by atoms with Gasteiger partial charge < -0.3 is 9.84 Å². The van der Waals surface area contributed by atoms with Crippen LogP contribution in [0.3, 0.4) is 0 Å². The van der Waals surface area contributed by atoms with Crippen LogP contribution in [-0.2, 0) is 4.79 Å². The molecule has 36 heavy (non-hydrogen) atoms. The van der Waals surface area contributed by atoms with Gasteiger partial charge in [-0.1, -0.05) is 43.3 Å². The first-order valence-electron chi connectivity index (χ1n) is 12.0. The van der Waals surface area contributed by atoms with E-state index in [1.54, 1.807) is 18.3 Å². The topological polar surface area (TPSA) is 101 Å². The third-order valence-electron chi connectivity index (χ3n) is 6.82. The molecule has 8 heteroatoms. The number of benzene rings is 2. The summed E-state index contributed by atoms with van der Waals surface area (Å²) < 4.78 is 21.0. The molecule has 5 rings (SSSR count). The highest BCUT2D eigenvalue weighted by Gasteiger charge is 2.34. The number of aromatic nitrogens is 4. The summed E-state index contributed by atoms with van der Waals surface area (Å²) in [5, 5.41) is 16.1. The molecule has 7 nitrogen and oxygen atoms in total. The van der Waals surface area contributed by atoms with E-state index in [4.69, 9.17) is 9.84 Å². The maximum atomic E-state index is 15.0. The zero-order chi connectivity index (χ0) is 25.1. The lowest BCUT2D eigenvalue weighted by molar-refractivity contribution is -0.140. The summed E-state index contributed by atoms with van der Waals surface area (Å²) in [6.07, 6.45) is 5.10. The Bertz CT molecular complexity index is 1350. The van der Waals surface area contributed by atoms with E-state index < -0.39 is 11.8 Å². The lowest BCUT2D eigenvalue weighted by atomic mass is 9.72. The van der Waals surface area contributed by atoms with E-state index in [0.29, 0.717) is 28.7 Å². The number of hydrogen-bond donors (Lipinski definition) is 2. The van der Waals surface area contributed by atoms with Crippen molar-refractivity contribution in [1.82, 2.24) is 20.2 Å². The minimum Gasteiger partial charge on any atom is -0.481 e. The number of carbonyl (C=O) groups is 1. The highest BCUT2D eigenvalue weighted by atomic mass is 19.1. The third-order valence-corrected chi connectivity index (χ3v) is 6.82. The van der Waals surface area contributed by atoms with Crippen molar-refractivity contribution in [1.29, 1.82) is 0 Å². The summed E-state index contributed by atoms with van der Waals surface area (Å²) in [6.45, 7) is 2.03. The van der Waals surface area contributed by atoms with E-state index in [-0.39, 0.29) is 17.9 Å². The van der Waals surface area contributed by atoms with Crippen molar-refractivity contribution in [2.75, 3.05) is 0 Å². The number of carboxylic acids is 1. The van der Waals surface area contributed by atoms with E-state index in [1.165, 1.54) is 6.07 Å². The SMILES string of the molecule is CC1(CC(=O)O)CCC(Oc2ccc(-c3ccc(-c4nc(-c5ccccc5)n[nH]4)c(F)c3)cn2)CC1. The fourth-order valence-electron chi connectivity index (χ4n) is 4.72. The average Bonchev–Trinajstić information content (AvgIpc) is 3.36. The van der Waals surface area contributed by atoms with Crippen molar-refractivity contribution in [2.24, 2.45) is 5.41 Å². The van der Waals surface area contributed by atoms with Crippen LogP contribution in [0.1, 0.15) is 39.0 Å². The number of ether oxygens (including phenoxy) is 1. The molecule has 184 valence electrons. The van der Waals surface area contributed by atoms with Crippen LogP contribution in [0.25, 0.3) is 33.9 Å². The number of halogens is 1. The molecule has 0 amide bonds. The van der Waals surface area contributed by atoms with Crippen LogP contribution in [-0.4, -0.2) is 37.3 Å². The van der Waals surface area contributed by atoms with Crippen molar-refractivity contribution >= 4 is 5.97 Å². The normalized spacial score (nSPS) is 19.7. The molecular formula is C28H27FN4O3. The molecule has 4 aromatic rings. The van der Waals surface area contributed by atoms with Crippen molar-refractivity contribution in [2.45, 2.75) is 45.1 Å². The van der Waals surface area contributed by atoms with Crippen LogP contribution >= 0.6 is 0 Å². The van der Waals surface area contributed by atoms with E-state index in [1.807, 2.05) is 49.4 Å². The number of aliphatic carboxylic acids is 1. The van der Waals surface area contributed by atoms with Gasteiger partial charge in [-0.25, -0.2) is 14.4 Å². The zero-order valence-electron chi connectivity index (χ0n) is 19.9. The molecule has 0 atom stereocenters.